The molecule has 0 aromatic carbocycles. The largest absolute Gasteiger partial charge is 0.242 e. The maximum Gasteiger partial charge on any atom is 0.149 e. The quantitative estimate of drug-likeness (QED) is 0.777. The minimum atomic E-state index is 0.0969. The van der Waals surface area contributed by atoms with Gasteiger partial charge in [0, 0.05) is 18.3 Å². The van der Waals surface area contributed by atoms with Crippen molar-refractivity contribution in [1.82, 2.24) is 4.98 Å². The second-order valence-electron chi connectivity index (χ2n) is 4.55. The molecular weight excluding hydrogens is 198 g/mol. The van der Waals surface area contributed by atoms with Gasteiger partial charge in [0.05, 0.1) is 5.54 Å². The van der Waals surface area contributed by atoms with Crippen molar-refractivity contribution >= 4 is 11.5 Å². The summed E-state index contributed by atoms with van der Waals surface area (Å²) in [6, 6.07) is 5.97. The van der Waals surface area contributed by atoms with Gasteiger partial charge in [0.15, 0.2) is 0 Å². The van der Waals surface area contributed by atoms with Crippen molar-refractivity contribution < 1.29 is 0 Å². The lowest BCUT2D eigenvalue weighted by atomic mass is 9.92. The molecular formula is C13H19N3. The lowest BCUT2D eigenvalue weighted by molar-refractivity contribution is 0.447. The number of pyridine rings is 1. The van der Waals surface area contributed by atoms with Gasteiger partial charge in [0.2, 0.25) is 0 Å². The van der Waals surface area contributed by atoms with Crippen molar-refractivity contribution in [2.24, 2.45) is 5.10 Å². The summed E-state index contributed by atoms with van der Waals surface area (Å²) < 4.78 is 0. The Morgan fingerprint density at radius 2 is 2.19 bits per heavy atom. The fourth-order valence-corrected chi connectivity index (χ4v) is 2.09. The van der Waals surface area contributed by atoms with E-state index in [0.717, 1.165) is 25.1 Å². The van der Waals surface area contributed by atoms with E-state index in [2.05, 4.69) is 35.9 Å². The van der Waals surface area contributed by atoms with Crippen LogP contribution in [0.25, 0.3) is 0 Å². The van der Waals surface area contributed by atoms with Crippen LogP contribution in [0.15, 0.2) is 29.5 Å². The zero-order valence-corrected chi connectivity index (χ0v) is 10.3. The topological polar surface area (TPSA) is 28.5 Å². The van der Waals surface area contributed by atoms with Crippen LogP contribution in [0.2, 0.25) is 0 Å². The van der Waals surface area contributed by atoms with Crippen LogP contribution in [0.3, 0.4) is 0 Å². The van der Waals surface area contributed by atoms with Gasteiger partial charge in [0.25, 0.3) is 0 Å². The number of hydrogen-bond donors (Lipinski definition) is 0. The molecule has 0 aliphatic carbocycles. The number of aromatic nitrogens is 1. The smallest absolute Gasteiger partial charge is 0.149 e. The molecule has 1 aromatic rings. The maximum atomic E-state index is 4.69. The third-order valence-corrected chi connectivity index (χ3v) is 3.37. The predicted octanol–water partition coefficient (Wildman–Crippen LogP) is 3.23. The molecule has 0 N–H and O–H groups in total. The van der Waals surface area contributed by atoms with Gasteiger partial charge < -0.3 is 0 Å². The first-order chi connectivity index (χ1) is 7.69. The van der Waals surface area contributed by atoms with Gasteiger partial charge in [-0.2, -0.15) is 5.10 Å². The van der Waals surface area contributed by atoms with E-state index in [9.17, 15) is 0 Å². The average molecular weight is 217 g/mol. The van der Waals surface area contributed by atoms with E-state index in [1.165, 1.54) is 5.71 Å². The Hall–Kier alpha value is -1.38. The fourth-order valence-electron chi connectivity index (χ4n) is 2.09. The monoisotopic (exact) mass is 217 g/mol. The first-order valence-corrected chi connectivity index (χ1v) is 5.97. The lowest BCUT2D eigenvalue weighted by Crippen LogP contribution is -2.39. The molecule has 1 aliphatic rings. The molecule has 1 aromatic heterocycles. The van der Waals surface area contributed by atoms with Gasteiger partial charge in [-0.05, 0) is 31.9 Å². The van der Waals surface area contributed by atoms with Crippen LogP contribution in [-0.2, 0) is 0 Å². The molecule has 1 unspecified atom stereocenters. The molecule has 0 radical (unpaired) electrons. The Bertz CT molecular complexity index is 385. The standard InChI is InChI=1S/C13H19N3/c1-4-11-10-13(3,5-2)16(15-11)12-8-6-7-9-14-12/h6-9H,4-5,10H2,1-3H3. The Balaban J connectivity index is 2.34. The summed E-state index contributed by atoms with van der Waals surface area (Å²) in [5, 5.41) is 6.78. The molecule has 2 heterocycles. The molecule has 0 saturated carbocycles. The highest BCUT2D eigenvalue weighted by Crippen LogP contribution is 2.34. The molecule has 16 heavy (non-hydrogen) atoms. The fraction of sp³-hybridized carbons (Fsp3) is 0.538. The molecule has 3 nitrogen and oxygen atoms in total. The van der Waals surface area contributed by atoms with Crippen molar-refractivity contribution in [1.29, 1.82) is 0 Å². The Labute approximate surface area is 97.2 Å². The number of nitrogens with zero attached hydrogens (tertiary/aromatic N) is 3. The highest BCUT2D eigenvalue weighted by Gasteiger charge is 2.37. The summed E-state index contributed by atoms with van der Waals surface area (Å²) in [5.41, 5.74) is 1.37. The Morgan fingerprint density at radius 1 is 1.38 bits per heavy atom. The lowest BCUT2D eigenvalue weighted by Gasteiger charge is -2.32. The minimum Gasteiger partial charge on any atom is -0.242 e. The number of hydrazone groups is 1. The van der Waals surface area contributed by atoms with Crippen LogP contribution < -0.4 is 5.01 Å². The van der Waals surface area contributed by atoms with Crippen LogP contribution in [0, 0.1) is 0 Å². The van der Waals surface area contributed by atoms with Crippen LogP contribution in [0.5, 0.6) is 0 Å². The first-order valence-electron chi connectivity index (χ1n) is 5.97. The number of hydrogen-bond acceptors (Lipinski definition) is 3. The third-order valence-electron chi connectivity index (χ3n) is 3.37. The highest BCUT2D eigenvalue weighted by molar-refractivity contribution is 5.89. The van der Waals surface area contributed by atoms with Crippen LogP contribution >= 0.6 is 0 Å². The van der Waals surface area contributed by atoms with Gasteiger partial charge in [0.1, 0.15) is 5.82 Å². The predicted molar refractivity (Wildman–Crippen MR) is 67.8 cm³/mol. The van der Waals surface area contributed by atoms with E-state index in [1.54, 1.807) is 0 Å². The van der Waals surface area contributed by atoms with Gasteiger partial charge >= 0.3 is 0 Å². The summed E-state index contributed by atoms with van der Waals surface area (Å²) in [5.74, 6) is 0.954. The maximum absolute atomic E-state index is 4.69. The Kier molecular flexibility index (Phi) is 2.95. The van der Waals surface area contributed by atoms with Crippen molar-refractivity contribution in [3.05, 3.63) is 24.4 Å². The summed E-state index contributed by atoms with van der Waals surface area (Å²) in [7, 11) is 0. The SMILES string of the molecule is CCC1=NN(c2ccccn2)C(C)(CC)C1. The third kappa shape index (κ3) is 1.82. The van der Waals surface area contributed by atoms with E-state index in [1.807, 2.05) is 24.4 Å². The summed E-state index contributed by atoms with van der Waals surface area (Å²) >= 11 is 0. The van der Waals surface area contributed by atoms with Crippen molar-refractivity contribution in [2.75, 3.05) is 5.01 Å². The number of anilines is 1. The van der Waals surface area contributed by atoms with Gasteiger partial charge in [-0.1, -0.05) is 19.9 Å². The highest BCUT2D eigenvalue weighted by atomic mass is 15.5. The first kappa shape index (κ1) is 11.1. The van der Waals surface area contributed by atoms with Crippen molar-refractivity contribution in [2.45, 2.75) is 45.6 Å². The van der Waals surface area contributed by atoms with Crippen LogP contribution in [-0.4, -0.2) is 16.2 Å². The van der Waals surface area contributed by atoms with E-state index >= 15 is 0 Å². The molecule has 86 valence electrons. The molecule has 0 bridgehead atoms. The van der Waals surface area contributed by atoms with E-state index in [-0.39, 0.29) is 5.54 Å². The molecule has 0 spiro atoms. The second-order valence-corrected chi connectivity index (χ2v) is 4.55. The van der Waals surface area contributed by atoms with Crippen LogP contribution in [0.4, 0.5) is 5.82 Å². The normalized spacial score (nSPS) is 24.7. The summed E-state index contributed by atoms with van der Waals surface area (Å²) in [6.07, 6.45) is 4.98. The molecule has 1 aliphatic heterocycles. The van der Waals surface area contributed by atoms with Gasteiger partial charge in [-0.15, -0.1) is 0 Å². The van der Waals surface area contributed by atoms with E-state index in [0.29, 0.717) is 0 Å². The summed E-state index contributed by atoms with van der Waals surface area (Å²) in [6.45, 7) is 6.63. The Morgan fingerprint density at radius 3 is 2.75 bits per heavy atom. The molecule has 0 fully saturated rings. The second kappa shape index (κ2) is 4.24. The summed E-state index contributed by atoms with van der Waals surface area (Å²) in [4.78, 5) is 4.39. The number of rotatable bonds is 3. The molecule has 0 amide bonds. The zero-order chi connectivity index (χ0) is 11.6. The zero-order valence-electron chi connectivity index (χ0n) is 10.3. The molecule has 0 saturated heterocycles. The molecule has 2 rings (SSSR count). The van der Waals surface area contributed by atoms with Crippen LogP contribution in [0.1, 0.15) is 40.0 Å². The van der Waals surface area contributed by atoms with Gasteiger partial charge in [-0.3, -0.25) is 0 Å². The van der Waals surface area contributed by atoms with Crippen molar-refractivity contribution in [3.63, 3.8) is 0 Å². The van der Waals surface area contributed by atoms with E-state index < -0.39 is 0 Å². The van der Waals surface area contributed by atoms with E-state index in [4.69, 9.17) is 0 Å². The molecule has 1 atom stereocenters. The molecule has 3 heteroatoms. The van der Waals surface area contributed by atoms with Crippen molar-refractivity contribution in [3.8, 4) is 0 Å². The average Bonchev–Trinajstić information content (AvgIpc) is 2.69. The van der Waals surface area contributed by atoms with Gasteiger partial charge in [-0.25, -0.2) is 9.99 Å². The minimum absolute atomic E-state index is 0.0969.